The molecular weight excluding hydrogens is 238 g/mol. The van der Waals surface area contributed by atoms with Gasteiger partial charge in [-0.3, -0.25) is 0 Å². The molecule has 0 radical (unpaired) electrons. The maximum Gasteiger partial charge on any atom is 0.335 e. The predicted molar refractivity (Wildman–Crippen MR) is 75.4 cm³/mol. The zero-order valence-corrected chi connectivity index (χ0v) is 10.7. The van der Waals surface area contributed by atoms with Crippen molar-refractivity contribution in [1.82, 2.24) is 0 Å². The Bertz CT molecular complexity index is 561. The molecule has 0 atom stereocenters. The molecule has 0 aliphatic heterocycles. The molecule has 2 aromatic carbocycles. The van der Waals surface area contributed by atoms with Gasteiger partial charge in [-0.25, -0.2) is 4.79 Å². The Morgan fingerprint density at radius 3 is 2.26 bits per heavy atom. The van der Waals surface area contributed by atoms with Crippen LogP contribution in [0.5, 0.6) is 0 Å². The fraction of sp³-hybridized carbons (Fsp3) is 0.188. The number of hydrogen-bond acceptors (Lipinski definition) is 2. The average molecular weight is 255 g/mol. The monoisotopic (exact) mass is 255 g/mol. The molecule has 98 valence electrons. The number of benzene rings is 2. The Morgan fingerprint density at radius 1 is 1.00 bits per heavy atom. The Hall–Kier alpha value is -2.13. The Labute approximate surface area is 112 Å². The van der Waals surface area contributed by atoms with E-state index in [0.29, 0.717) is 18.5 Å². The Kier molecular flexibility index (Phi) is 4.31. The molecule has 0 saturated heterocycles. The standard InChI is InChI=1S/C16H17NO2/c17-10-9-12-5-7-13(8-6-12)11-14-3-1-2-4-15(14)16(18)19/h1-8H,9-11,17H2,(H,18,19). The van der Waals surface area contributed by atoms with Crippen LogP contribution in [0.4, 0.5) is 0 Å². The fourth-order valence-corrected chi connectivity index (χ4v) is 2.09. The number of hydrogen-bond donors (Lipinski definition) is 2. The lowest BCUT2D eigenvalue weighted by atomic mass is 9.98. The van der Waals surface area contributed by atoms with Crippen molar-refractivity contribution in [3.05, 3.63) is 70.8 Å². The Morgan fingerprint density at radius 2 is 1.63 bits per heavy atom. The summed E-state index contributed by atoms with van der Waals surface area (Å²) in [6, 6.07) is 15.3. The topological polar surface area (TPSA) is 63.3 Å². The van der Waals surface area contributed by atoms with Gasteiger partial charge in [0.15, 0.2) is 0 Å². The van der Waals surface area contributed by atoms with Crippen molar-refractivity contribution in [1.29, 1.82) is 0 Å². The average Bonchev–Trinajstić information content (AvgIpc) is 2.42. The summed E-state index contributed by atoms with van der Waals surface area (Å²) >= 11 is 0. The third-order valence-corrected chi connectivity index (χ3v) is 3.10. The summed E-state index contributed by atoms with van der Waals surface area (Å²) in [5.74, 6) is -0.879. The molecule has 3 N–H and O–H groups in total. The van der Waals surface area contributed by atoms with E-state index >= 15 is 0 Å². The molecule has 2 rings (SSSR count). The van der Waals surface area contributed by atoms with E-state index in [0.717, 1.165) is 17.5 Å². The maximum absolute atomic E-state index is 11.1. The smallest absolute Gasteiger partial charge is 0.335 e. The first-order chi connectivity index (χ1) is 9.20. The second-order valence-corrected chi connectivity index (χ2v) is 4.49. The zero-order valence-electron chi connectivity index (χ0n) is 10.7. The molecule has 3 heteroatoms. The zero-order chi connectivity index (χ0) is 13.7. The van der Waals surface area contributed by atoms with Crippen LogP contribution in [-0.4, -0.2) is 17.6 Å². The second kappa shape index (κ2) is 6.16. The molecule has 19 heavy (non-hydrogen) atoms. The third kappa shape index (κ3) is 3.42. The first-order valence-electron chi connectivity index (χ1n) is 6.30. The normalized spacial score (nSPS) is 10.4. The van der Waals surface area contributed by atoms with Gasteiger partial charge in [-0.1, -0.05) is 42.5 Å². The summed E-state index contributed by atoms with van der Waals surface area (Å²) in [4.78, 5) is 11.1. The van der Waals surface area contributed by atoms with Crippen LogP contribution in [-0.2, 0) is 12.8 Å². The second-order valence-electron chi connectivity index (χ2n) is 4.49. The van der Waals surface area contributed by atoms with E-state index in [-0.39, 0.29) is 0 Å². The lowest BCUT2D eigenvalue weighted by Crippen LogP contribution is -2.04. The van der Waals surface area contributed by atoms with Crippen LogP contribution in [0.15, 0.2) is 48.5 Å². The van der Waals surface area contributed by atoms with E-state index in [1.165, 1.54) is 5.56 Å². The minimum atomic E-state index is -0.879. The number of carbonyl (C=O) groups is 1. The van der Waals surface area contributed by atoms with Crippen molar-refractivity contribution in [2.45, 2.75) is 12.8 Å². The van der Waals surface area contributed by atoms with Crippen molar-refractivity contribution >= 4 is 5.97 Å². The number of carboxylic acid groups (broad SMARTS) is 1. The molecule has 0 fully saturated rings. The van der Waals surface area contributed by atoms with Crippen LogP contribution < -0.4 is 5.73 Å². The van der Waals surface area contributed by atoms with Gasteiger partial charge in [0.1, 0.15) is 0 Å². The number of aromatic carboxylic acids is 1. The highest BCUT2D eigenvalue weighted by molar-refractivity contribution is 5.89. The molecule has 3 nitrogen and oxygen atoms in total. The quantitative estimate of drug-likeness (QED) is 0.862. The molecule has 0 aromatic heterocycles. The van der Waals surface area contributed by atoms with Crippen LogP contribution in [0, 0.1) is 0 Å². The predicted octanol–water partition coefficient (Wildman–Crippen LogP) is 2.48. The third-order valence-electron chi connectivity index (χ3n) is 3.10. The lowest BCUT2D eigenvalue weighted by Gasteiger charge is -2.07. The summed E-state index contributed by atoms with van der Waals surface area (Å²) < 4.78 is 0. The SMILES string of the molecule is NCCc1ccc(Cc2ccccc2C(=O)O)cc1. The summed E-state index contributed by atoms with van der Waals surface area (Å²) in [5, 5.41) is 9.14. The van der Waals surface area contributed by atoms with Crippen LogP contribution in [0.25, 0.3) is 0 Å². The first-order valence-corrected chi connectivity index (χ1v) is 6.30. The molecule has 0 aliphatic rings. The van der Waals surface area contributed by atoms with Crippen LogP contribution in [0.1, 0.15) is 27.0 Å². The Balaban J connectivity index is 2.19. The fourth-order valence-electron chi connectivity index (χ4n) is 2.09. The van der Waals surface area contributed by atoms with Gasteiger partial charge in [-0.2, -0.15) is 0 Å². The van der Waals surface area contributed by atoms with Crippen LogP contribution >= 0.6 is 0 Å². The molecular formula is C16H17NO2. The maximum atomic E-state index is 11.1. The highest BCUT2D eigenvalue weighted by Crippen LogP contribution is 2.15. The van der Waals surface area contributed by atoms with E-state index < -0.39 is 5.97 Å². The minimum absolute atomic E-state index is 0.369. The van der Waals surface area contributed by atoms with E-state index in [1.54, 1.807) is 12.1 Å². The summed E-state index contributed by atoms with van der Waals surface area (Å²) in [6.07, 6.45) is 1.50. The number of rotatable bonds is 5. The lowest BCUT2D eigenvalue weighted by molar-refractivity contribution is 0.0696. The van der Waals surface area contributed by atoms with E-state index in [4.69, 9.17) is 10.8 Å². The molecule has 0 bridgehead atoms. The molecule has 0 aliphatic carbocycles. The number of nitrogens with two attached hydrogens (primary N) is 1. The van der Waals surface area contributed by atoms with Gasteiger partial charge in [0.2, 0.25) is 0 Å². The van der Waals surface area contributed by atoms with Gasteiger partial charge in [-0.05, 0) is 42.1 Å². The molecule has 0 unspecified atom stereocenters. The highest BCUT2D eigenvalue weighted by Gasteiger charge is 2.09. The van der Waals surface area contributed by atoms with Crippen molar-refractivity contribution < 1.29 is 9.90 Å². The minimum Gasteiger partial charge on any atom is -0.478 e. The number of carboxylic acids is 1. The van der Waals surface area contributed by atoms with E-state index in [9.17, 15) is 4.79 Å². The highest BCUT2D eigenvalue weighted by atomic mass is 16.4. The van der Waals surface area contributed by atoms with E-state index in [1.807, 2.05) is 36.4 Å². The van der Waals surface area contributed by atoms with Crippen molar-refractivity contribution in [3.63, 3.8) is 0 Å². The van der Waals surface area contributed by atoms with Gasteiger partial charge >= 0.3 is 5.97 Å². The molecule has 0 saturated carbocycles. The molecule has 0 spiro atoms. The molecule has 0 amide bonds. The van der Waals surface area contributed by atoms with Gasteiger partial charge in [0.25, 0.3) is 0 Å². The van der Waals surface area contributed by atoms with Gasteiger partial charge in [0, 0.05) is 0 Å². The molecule has 0 heterocycles. The van der Waals surface area contributed by atoms with Crippen molar-refractivity contribution in [3.8, 4) is 0 Å². The molecule has 2 aromatic rings. The van der Waals surface area contributed by atoms with Gasteiger partial charge in [0.05, 0.1) is 5.56 Å². The van der Waals surface area contributed by atoms with Gasteiger partial charge < -0.3 is 10.8 Å². The summed E-state index contributed by atoms with van der Waals surface area (Å²) in [6.45, 7) is 0.640. The van der Waals surface area contributed by atoms with Gasteiger partial charge in [-0.15, -0.1) is 0 Å². The van der Waals surface area contributed by atoms with Crippen LogP contribution in [0.3, 0.4) is 0 Å². The first kappa shape index (κ1) is 13.3. The van der Waals surface area contributed by atoms with E-state index in [2.05, 4.69) is 0 Å². The van der Waals surface area contributed by atoms with Crippen molar-refractivity contribution in [2.24, 2.45) is 5.73 Å². The summed E-state index contributed by atoms with van der Waals surface area (Å²) in [5.41, 5.74) is 9.03. The largest absolute Gasteiger partial charge is 0.478 e. The van der Waals surface area contributed by atoms with Crippen molar-refractivity contribution in [2.75, 3.05) is 6.54 Å². The summed E-state index contributed by atoms with van der Waals surface area (Å²) in [7, 11) is 0. The van der Waals surface area contributed by atoms with Crippen LogP contribution in [0.2, 0.25) is 0 Å².